The van der Waals surface area contributed by atoms with Crippen LogP contribution >= 0.6 is 0 Å². The minimum Gasteiger partial charge on any atom is -0.345 e. The Morgan fingerprint density at radius 3 is 1.81 bits per heavy atom. The Labute approximate surface area is 134 Å². The van der Waals surface area contributed by atoms with Gasteiger partial charge in [0.05, 0.1) is 0 Å². The number of nitrogens with zero attached hydrogens (tertiary/aromatic N) is 2. The van der Waals surface area contributed by atoms with E-state index in [0.717, 1.165) is 19.4 Å². The first-order valence-corrected chi connectivity index (χ1v) is 15.0. The van der Waals surface area contributed by atoms with Gasteiger partial charge in [-0.1, -0.05) is 58.2 Å². The van der Waals surface area contributed by atoms with Gasteiger partial charge in [-0.25, -0.2) is 0 Å². The molecule has 0 N–H and O–H groups in total. The second-order valence-corrected chi connectivity index (χ2v) is 18.3. The van der Waals surface area contributed by atoms with Crippen molar-refractivity contribution in [2.45, 2.75) is 65.5 Å². The Kier molecular flexibility index (Phi) is 8.14. The quantitative estimate of drug-likeness (QED) is 0.493. The third-order valence-electron chi connectivity index (χ3n) is 3.60. The zero-order chi connectivity index (χ0) is 16.8. The van der Waals surface area contributed by atoms with Crippen LogP contribution in [-0.2, 0) is 4.79 Å². The first kappa shape index (κ1) is 20.6. The van der Waals surface area contributed by atoms with E-state index in [1.54, 1.807) is 4.90 Å². The maximum atomic E-state index is 12.1. The van der Waals surface area contributed by atoms with Crippen LogP contribution in [0.2, 0.25) is 39.3 Å². The van der Waals surface area contributed by atoms with Crippen molar-refractivity contribution in [2.24, 2.45) is 0 Å². The van der Waals surface area contributed by atoms with Gasteiger partial charge in [0.2, 0.25) is 5.91 Å². The Balaban J connectivity index is 5.29. The molecule has 0 atom stereocenters. The van der Waals surface area contributed by atoms with Crippen LogP contribution in [0.1, 0.15) is 26.2 Å². The molecule has 21 heavy (non-hydrogen) atoms. The fourth-order valence-electron chi connectivity index (χ4n) is 2.59. The molecule has 0 aliphatic heterocycles. The van der Waals surface area contributed by atoms with E-state index < -0.39 is 16.5 Å². The van der Waals surface area contributed by atoms with Gasteiger partial charge in [0.25, 0.3) is 0 Å². The molecule has 0 aliphatic rings. The maximum Gasteiger partial charge on any atom is 0.246 e. The van der Waals surface area contributed by atoms with Crippen LogP contribution in [0.3, 0.4) is 0 Å². The molecule has 0 fully saturated rings. The second-order valence-electron chi connectivity index (χ2n) is 8.07. The van der Waals surface area contributed by atoms with Crippen LogP contribution in [0.4, 0.5) is 0 Å². The lowest BCUT2D eigenvalue weighted by atomic mass is 10.1. The molecule has 124 valence electrons. The number of amides is 1. The highest BCUT2D eigenvalue weighted by molar-refractivity contribution is 6.89. The second kappa shape index (κ2) is 8.29. The Morgan fingerprint density at radius 1 is 1.00 bits per heavy atom. The third kappa shape index (κ3) is 7.97. The first-order chi connectivity index (χ1) is 9.39. The summed E-state index contributed by atoms with van der Waals surface area (Å²) in [7, 11) is 0.903. The number of hydrogen-bond acceptors (Lipinski definition) is 2. The number of hydrogen-bond donors (Lipinski definition) is 0. The summed E-state index contributed by atoms with van der Waals surface area (Å²) in [5.41, 5.74) is 1.31. The highest BCUT2D eigenvalue weighted by Gasteiger charge is 2.34. The molecule has 0 saturated heterocycles. The van der Waals surface area contributed by atoms with Gasteiger partial charge < -0.3 is 9.13 Å². The third-order valence-corrected chi connectivity index (χ3v) is 11.2. The van der Waals surface area contributed by atoms with E-state index >= 15 is 0 Å². The average Bonchev–Trinajstić information content (AvgIpc) is 2.28. The molecule has 3 nitrogen and oxygen atoms in total. The van der Waals surface area contributed by atoms with Gasteiger partial charge in [-0.15, -0.1) is 0 Å². The molecular formula is C16H36N2OSi2. The summed E-state index contributed by atoms with van der Waals surface area (Å²) in [6.07, 6.45) is 5.26. The smallest absolute Gasteiger partial charge is 0.246 e. The van der Waals surface area contributed by atoms with Crippen molar-refractivity contribution in [3.05, 3.63) is 11.6 Å². The molecule has 0 aromatic rings. The fourth-order valence-corrected chi connectivity index (χ4v) is 12.0. The van der Waals surface area contributed by atoms with Crippen molar-refractivity contribution < 1.29 is 4.79 Å². The monoisotopic (exact) mass is 328 g/mol. The fraction of sp³-hybridized carbons (Fsp3) is 0.812. The molecule has 0 spiro atoms. The lowest BCUT2D eigenvalue weighted by Gasteiger charge is -2.44. The molecule has 0 saturated carbocycles. The van der Waals surface area contributed by atoms with Crippen LogP contribution in [0.5, 0.6) is 0 Å². The molecule has 0 unspecified atom stereocenters. The van der Waals surface area contributed by atoms with E-state index in [1.807, 2.05) is 20.2 Å². The van der Waals surface area contributed by atoms with Gasteiger partial charge in [0, 0.05) is 26.7 Å². The molecular weight excluding hydrogens is 292 g/mol. The topological polar surface area (TPSA) is 23.6 Å². The van der Waals surface area contributed by atoms with E-state index in [0.29, 0.717) is 0 Å². The van der Waals surface area contributed by atoms with E-state index in [4.69, 9.17) is 0 Å². The maximum absolute atomic E-state index is 12.1. The standard InChI is InChI=1S/C16H36N2OSi2/c1-10-11-12-15(13-16(19)17(2)3)14-18(20(4,5)6)21(7,8)9/h13H,10-12,14H2,1-9H3/b15-13-. The van der Waals surface area contributed by atoms with Gasteiger partial charge in [-0.2, -0.15) is 0 Å². The normalized spacial score (nSPS) is 13.7. The van der Waals surface area contributed by atoms with E-state index in [1.165, 1.54) is 12.0 Å². The largest absolute Gasteiger partial charge is 0.345 e. The average molecular weight is 329 g/mol. The van der Waals surface area contributed by atoms with Crippen molar-refractivity contribution >= 4 is 22.4 Å². The molecule has 0 aromatic carbocycles. The van der Waals surface area contributed by atoms with Gasteiger partial charge >= 0.3 is 0 Å². The summed E-state index contributed by atoms with van der Waals surface area (Å²) in [5.74, 6) is 0.118. The van der Waals surface area contributed by atoms with Crippen LogP contribution in [0.15, 0.2) is 11.6 Å². The summed E-state index contributed by atoms with van der Waals surface area (Å²) in [6, 6.07) is 0. The Bertz CT molecular complexity index is 351. The van der Waals surface area contributed by atoms with Crippen LogP contribution in [-0.4, -0.2) is 52.1 Å². The molecule has 0 radical (unpaired) electrons. The Morgan fingerprint density at radius 2 is 1.48 bits per heavy atom. The van der Waals surface area contributed by atoms with Crippen molar-refractivity contribution in [1.82, 2.24) is 9.13 Å². The summed E-state index contributed by atoms with van der Waals surface area (Å²) in [6.45, 7) is 17.7. The van der Waals surface area contributed by atoms with E-state index in [2.05, 4.69) is 50.4 Å². The van der Waals surface area contributed by atoms with E-state index in [9.17, 15) is 4.79 Å². The summed E-state index contributed by atoms with van der Waals surface area (Å²) in [4.78, 5) is 13.7. The lowest BCUT2D eigenvalue weighted by Crippen LogP contribution is -2.59. The molecule has 0 bridgehead atoms. The molecule has 0 rings (SSSR count). The van der Waals surface area contributed by atoms with Gasteiger partial charge in [0.15, 0.2) is 0 Å². The highest BCUT2D eigenvalue weighted by Crippen LogP contribution is 2.23. The van der Waals surface area contributed by atoms with E-state index in [-0.39, 0.29) is 5.91 Å². The summed E-state index contributed by atoms with van der Waals surface area (Å²) in [5, 5.41) is 0. The molecule has 5 heteroatoms. The van der Waals surface area contributed by atoms with Gasteiger partial charge in [-0.3, -0.25) is 4.79 Å². The molecule has 0 heterocycles. The minimum atomic E-state index is -1.37. The SMILES string of the molecule is CCCC/C(=C/C(=O)N(C)C)CN([Si](C)(C)C)[Si](C)(C)C. The number of rotatable bonds is 8. The number of carbonyl (C=O) groups excluding carboxylic acids is 1. The van der Waals surface area contributed by atoms with Crippen molar-refractivity contribution in [1.29, 1.82) is 0 Å². The molecule has 0 aromatic heterocycles. The van der Waals surface area contributed by atoms with Crippen LogP contribution in [0.25, 0.3) is 0 Å². The van der Waals surface area contributed by atoms with Crippen LogP contribution in [0, 0.1) is 0 Å². The zero-order valence-electron chi connectivity index (χ0n) is 15.7. The first-order valence-electron chi connectivity index (χ1n) is 8.08. The van der Waals surface area contributed by atoms with Crippen molar-refractivity contribution in [2.75, 3.05) is 20.6 Å². The summed E-state index contributed by atoms with van der Waals surface area (Å²) >= 11 is 0. The van der Waals surface area contributed by atoms with Crippen LogP contribution < -0.4 is 0 Å². The van der Waals surface area contributed by atoms with Crippen molar-refractivity contribution in [3.63, 3.8) is 0 Å². The number of likely N-dealkylation sites (N-methyl/N-ethyl adjacent to an activating group) is 1. The predicted octanol–water partition coefficient (Wildman–Crippen LogP) is 4.16. The van der Waals surface area contributed by atoms with Gasteiger partial charge in [0.1, 0.15) is 16.5 Å². The molecule has 0 aliphatic carbocycles. The van der Waals surface area contributed by atoms with Gasteiger partial charge in [-0.05, 0) is 12.8 Å². The zero-order valence-corrected chi connectivity index (χ0v) is 17.7. The Hall–Kier alpha value is -0.396. The summed E-state index contributed by atoms with van der Waals surface area (Å²) < 4.78 is 2.75. The predicted molar refractivity (Wildman–Crippen MR) is 99.7 cm³/mol. The number of carbonyl (C=O) groups is 1. The molecule has 1 amide bonds. The lowest BCUT2D eigenvalue weighted by molar-refractivity contribution is -0.123. The highest BCUT2D eigenvalue weighted by atomic mass is 28.4. The number of unbranched alkanes of at least 4 members (excludes halogenated alkanes) is 1. The minimum absolute atomic E-state index is 0.118. The van der Waals surface area contributed by atoms with Crippen molar-refractivity contribution in [3.8, 4) is 0 Å².